The van der Waals surface area contributed by atoms with E-state index < -0.39 is 6.17 Å². The van der Waals surface area contributed by atoms with E-state index in [0.29, 0.717) is 46.0 Å². The van der Waals surface area contributed by atoms with Crippen molar-refractivity contribution in [1.82, 2.24) is 15.2 Å². The van der Waals surface area contributed by atoms with Gasteiger partial charge in [0.15, 0.2) is 0 Å². The molecule has 3 aliphatic carbocycles. The third kappa shape index (κ3) is 7.71. The Kier molecular flexibility index (Phi) is 10.5. The van der Waals surface area contributed by atoms with E-state index >= 15 is 0 Å². The van der Waals surface area contributed by atoms with E-state index in [1.165, 1.54) is 11.8 Å². The summed E-state index contributed by atoms with van der Waals surface area (Å²) in [4.78, 5) is 6.55. The van der Waals surface area contributed by atoms with Gasteiger partial charge in [0.25, 0.3) is 0 Å². The summed E-state index contributed by atoms with van der Waals surface area (Å²) in [6, 6.07) is 19.8. The first kappa shape index (κ1) is 36.1. The zero-order valence-corrected chi connectivity index (χ0v) is 31.0. The number of alkyl halides is 1. The predicted molar refractivity (Wildman–Crippen MR) is 202 cm³/mol. The van der Waals surface area contributed by atoms with Crippen molar-refractivity contribution in [3.63, 3.8) is 0 Å². The molecule has 1 aromatic heterocycles. The van der Waals surface area contributed by atoms with Crippen LogP contribution in [0.15, 0.2) is 67.0 Å². The summed E-state index contributed by atoms with van der Waals surface area (Å²) in [6.45, 7) is 4.19. The highest BCUT2D eigenvalue weighted by molar-refractivity contribution is 6.35. The largest absolute Gasteiger partial charge is 0.492 e. The molecule has 3 aromatic carbocycles. The molecule has 2 heterocycles. The summed E-state index contributed by atoms with van der Waals surface area (Å²) < 4.78 is 32.5. The van der Waals surface area contributed by atoms with E-state index in [-0.39, 0.29) is 30.3 Å². The normalized spacial score (nSPS) is 21.6. The van der Waals surface area contributed by atoms with Crippen LogP contribution in [0.4, 0.5) is 4.39 Å². The van der Waals surface area contributed by atoms with Gasteiger partial charge in [-0.3, -0.25) is 4.98 Å². The Balaban J connectivity index is 0.955. The van der Waals surface area contributed by atoms with Crippen LogP contribution >= 0.6 is 23.2 Å². The number of pyridine rings is 1. The van der Waals surface area contributed by atoms with Crippen molar-refractivity contribution in [2.75, 3.05) is 26.2 Å². The highest BCUT2D eigenvalue weighted by atomic mass is 35.5. The number of aliphatic hydroxyl groups is 1. The van der Waals surface area contributed by atoms with E-state index in [0.717, 1.165) is 92.4 Å². The van der Waals surface area contributed by atoms with Gasteiger partial charge < -0.3 is 29.5 Å². The number of aromatic nitrogens is 1. The Morgan fingerprint density at radius 2 is 1.81 bits per heavy atom. The number of nitriles is 1. The fourth-order valence-corrected chi connectivity index (χ4v) is 8.85. The topological polar surface area (TPSA) is 99.9 Å². The zero-order chi connectivity index (χ0) is 36.5. The van der Waals surface area contributed by atoms with E-state index in [4.69, 9.17) is 37.4 Å². The van der Waals surface area contributed by atoms with Crippen molar-refractivity contribution >= 4 is 23.2 Å². The molecule has 0 radical (unpaired) electrons. The minimum Gasteiger partial charge on any atom is -0.492 e. The standard InChI is InChI=1S/C42H43Cl2FN4O4/c43-34-15-28(22-48-35-9-10-36(35)50)39(52-23-27-14-26(19-46)20-47-21-27)16-40(34)53-37-11-8-31-30(4-1-5-32(31)37)33-6-2-7-38(41(33)44)51-13-3-12-49-24-42(25-49)17-29(45)18-42/h1-2,4-7,14-16,20-21,29,35-37,48,50H,3,8-13,17-18,22-25H2/t35-,36-,37+/m1/s1. The SMILES string of the molecule is N#Cc1cncc(COc2cc(O[C@H]3CCc4c(-c5cccc(OCCCN6CC7(CC(F)C7)C6)c5Cl)cccc43)c(Cl)cc2CN[C@@H]2CC[C@H]2O)c1. The Morgan fingerprint density at radius 3 is 2.58 bits per heavy atom. The highest BCUT2D eigenvalue weighted by Gasteiger charge is 2.52. The number of hydrogen-bond acceptors (Lipinski definition) is 8. The first-order chi connectivity index (χ1) is 25.8. The monoisotopic (exact) mass is 756 g/mol. The maximum Gasteiger partial charge on any atom is 0.142 e. The van der Waals surface area contributed by atoms with Crippen LogP contribution in [0.5, 0.6) is 17.2 Å². The lowest BCUT2D eigenvalue weighted by molar-refractivity contribution is -0.102. The van der Waals surface area contributed by atoms with E-state index in [2.05, 4.69) is 33.4 Å². The molecule has 4 aromatic rings. The van der Waals surface area contributed by atoms with Gasteiger partial charge in [-0.15, -0.1) is 0 Å². The molecule has 0 bridgehead atoms. The van der Waals surface area contributed by atoms with Crippen LogP contribution < -0.4 is 19.5 Å². The Labute approximate surface area is 319 Å². The third-order valence-electron chi connectivity index (χ3n) is 11.3. The molecule has 1 aliphatic heterocycles. The molecular weight excluding hydrogens is 714 g/mol. The van der Waals surface area contributed by atoms with Crippen molar-refractivity contribution in [3.05, 3.63) is 105 Å². The van der Waals surface area contributed by atoms with Crippen LogP contribution in [-0.2, 0) is 19.6 Å². The molecule has 3 fully saturated rings. The predicted octanol–water partition coefficient (Wildman–Crippen LogP) is 8.39. The van der Waals surface area contributed by atoms with Gasteiger partial charge in [0, 0.05) is 72.8 Å². The molecular formula is C42H43Cl2FN4O4. The molecule has 8 rings (SSSR count). The average molecular weight is 758 g/mol. The van der Waals surface area contributed by atoms with Gasteiger partial charge >= 0.3 is 0 Å². The number of likely N-dealkylation sites (tertiary alicyclic amines) is 1. The first-order valence-corrected chi connectivity index (χ1v) is 19.3. The van der Waals surface area contributed by atoms with Crippen LogP contribution in [-0.4, -0.2) is 59.5 Å². The smallest absolute Gasteiger partial charge is 0.142 e. The highest BCUT2D eigenvalue weighted by Crippen LogP contribution is 2.50. The Morgan fingerprint density at radius 1 is 0.981 bits per heavy atom. The number of aliphatic hydroxyl groups excluding tert-OH is 1. The Hall–Kier alpha value is -3.91. The van der Waals surface area contributed by atoms with Gasteiger partial charge in [0.2, 0.25) is 0 Å². The fourth-order valence-electron chi connectivity index (χ4n) is 8.33. The van der Waals surface area contributed by atoms with E-state index in [1.54, 1.807) is 12.3 Å². The quantitative estimate of drug-likeness (QED) is 0.124. The summed E-state index contributed by atoms with van der Waals surface area (Å²) in [7, 11) is 0. The summed E-state index contributed by atoms with van der Waals surface area (Å²) in [5.74, 6) is 1.79. The second kappa shape index (κ2) is 15.4. The molecule has 3 atom stereocenters. The van der Waals surface area contributed by atoms with Crippen LogP contribution in [0, 0.1) is 16.7 Å². The van der Waals surface area contributed by atoms with Gasteiger partial charge in [-0.05, 0) is 79.8 Å². The van der Waals surface area contributed by atoms with Crippen molar-refractivity contribution in [2.24, 2.45) is 5.41 Å². The molecule has 11 heteroatoms. The molecule has 4 aliphatic rings. The summed E-state index contributed by atoms with van der Waals surface area (Å²) in [5.41, 5.74) is 6.58. The minimum absolute atomic E-state index is 0.0301. The van der Waals surface area contributed by atoms with Gasteiger partial charge in [-0.25, -0.2) is 4.39 Å². The van der Waals surface area contributed by atoms with Gasteiger partial charge in [-0.1, -0.05) is 53.5 Å². The number of fused-ring (bicyclic) bond motifs is 1. The van der Waals surface area contributed by atoms with Crippen LogP contribution in [0.1, 0.15) is 72.4 Å². The molecule has 1 spiro atoms. The number of hydrogen-bond donors (Lipinski definition) is 2. The number of rotatable bonds is 14. The van der Waals surface area contributed by atoms with Gasteiger partial charge in [0.05, 0.1) is 28.3 Å². The lowest BCUT2D eigenvalue weighted by atomic mass is 9.62. The second-order valence-electron chi connectivity index (χ2n) is 15.1. The molecule has 0 amide bonds. The van der Waals surface area contributed by atoms with E-state index in [1.807, 2.05) is 36.4 Å². The number of benzene rings is 3. The molecule has 276 valence electrons. The molecule has 8 nitrogen and oxygen atoms in total. The van der Waals surface area contributed by atoms with Crippen molar-refractivity contribution in [2.45, 2.75) is 82.5 Å². The second-order valence-corrected chi connectivity index (χ2v) is 15.8. The molecule has 53 heavy (non-hydrogen) atoms. The number of ether oxygens (including phenoxy) is 3. The molecule has 2 N–H and O–H groups in total. The molecule has 1 saturated heterocycles. The summed E-state index contributed by atoms with van der Waals surface area (Å²) >= 11 is 13.9. The minimum atomic E-state index is -0.602. The number of nitrogens with one attached hydrogen (secondary N) is 1. The zero-order valence-electron chi connectivity index (χ0n) is 29.5. The van der Waals surface area contributed by atoms with Crippen molar-refractivity contribution in [1.29, 1.82) is 5.26 Å². The van der Waals surface area contributed by atoms with Crippen LogP contribution in [0.25, 0.3) is 11.1 Å². The maximum absolute atomic E-state index is 13.3. The average Bonchev–Trinajstić information content (AvgIpc) is 3.55. The molecule has 2 saturated carbocycles. The van der Waals surface area contributed by atoms with Gasteiger partial charge in [0.1, 0.15) is 42.2 Å². The van der Waals surface area contributed by atoms with Crippen LogP contribution in [0.2, 0.25) is 10.0 Å². The third-order valence-corrected chi connectivity index (χ3v) is 12.0. The fraction of sp³-hybridized carbons (Fsp3) is 0.429. The van der Waals surface area contributed by atoms with E-state index in [9.17, 15) is 14.8 Å². The molecule has 0 unspecified atom stereocenters. The van der Waals surface area contributed by atoms with Gasteiger partial charge in [-0.2, -0.15) is 5.26 Å². The lowest BCUT2D eigenvalue weighted by Crippen LogP contribution is -2.62. The van der Waals surface area contributed by atoms with Crippen molar-refractivity contribution in [3.8, 4) is 34.4 Å². The van der Waals surface area contributed by atoms with Crippen LogP contribution in [0.3, 0.4) is 0 Å². The summed E-state index contributed by atoms with van der Waals surface area (Å²) in [5, 5.41) is 23.9. The summed E-state index contributed by atoms with van der Waals surface area (Å²) in [6.07, 6.45) is 7.63. The lowest BCUT2D eigenvalue weighted by Gasteiger charge is -2.57. The van der Waals surface area contributed by atoms with Crippen molar-refractivity contribution < 1.29 is 23.7 Å². The number of nitrogens with zero attached hydrogens (tertiary/aromatic N) is 3. The number of halogens is 3. The Bertz CT molecular complexity index is 2010. The maximum atomic E-state index is 13.3. The first-order valence-electron chi connectivity index (χ1n) is 18.5.